The molecule has 0 saturated carbocycles. The van der Waals surface area contributed by atoms with Crippen LogP contribution in [0, 0.1) is 0 Å². The van der Waals surface area contributed by atoms with E-state index in [-0.39, 0.29) is 24.9 Å². The number of rotatable bonds is 4. The van der Waals surface area contributed by atoms with Gasteiger partial charge in [0, 0.05) is 31.9 Å². The third-order valence-electron chi connectivity index (χ3n) is 4.32. The minimum absolute atomic E-state index is 0. The van der Waals surface area contributed by atoms with Gasteiger partial charge in [0.25, 0.3) is 5.56 Å². The monoisotopic (exact) mass is 378 g/mol. The first-order chi connectivity index (χ1) is 12.1. The minimum atomic E-state index is -0.461. The van der Waals surface area contributed by atoms with E-state index in [1.165, 1.54) is 16.8 Å². The predicted octanol–water partition coefficient (Wildman–Crippen LogP) is 0.302. The average Bonchev–Trinajstić information content (AvgIpc) is 2.91. The number of nitrogens with one attached hydrogen (secondary N) is 1. The van der Waals surface area contributed by atoms with Gasteiger partial charge in [-0.05, 0) is 18.5 Å². The zero-order chi connectivity index (χ0) is 17.6. The number of benzene rings is 1. The summed E-state index contributed by atoms with van der Waals surface area (Å²) in [5.74, 6) is -0.194. The lowest BCUT2D eigenvalue weighted by Crippen LogP contribution is -2.45. The van der Waals surface area contributed by atoms with Crippen molar-refractivity contribution < 1.29 is 4.79 Å². The summed E-state index contributed by atoms with van der Waals surface area (Å²) in [5, 5.41) is 3.23. The second kappa shape index (κ2) is 9.35. The number of hydrogen-bond donors (Lipinski definition) is 1. The van der Waals surface area contributed by atoms with E-state index < -0.39 is 11.2 Å². The van der Waals surface area contributed by atoms with Crippen LogP contribution >= 0.6 is 12.4 Å². The van der Waals surface area contributed by atoms with E-state index in [1.807, 2.05) is 30.3 Å². The lowest BCUT2D eigenvalue weighted by molar-refractivity contribution is -0.131. The quantitative estimate of drug-likeness (QED) is 0.830. The van der Waals surface area contributed by atoms with Crippen molar-refractivity contribution in [2.24, 2.45) is 0 Å². The largest absolute Gasteiger partial charge is 0.340 e. The molecule has 1 aromatic heterocycles. The number of nitrogens with zero attached hydrogens (tertiary/aromatic N) is 3. The van der Waals surface area contributed by atoms with Crippen LogP contribution in [0.5, 0.6) is 0 Å². The van der Waals surface area contributed by atoms with E-state index in [2.05, 4.69) is 5.32 Å². The van der Waals surface area contributed by atoms with Gasteiger partial charge in [-0.25, -0.2) is 4.79 Å². The maximum absolute atomic E-state index is 12.6. The van der Waals surface area contributed by atoms with E-state index in [0.717, 1.165) is 29.6 Å². The first-order valence-corrected chi connectivity index (χ1v) is 8.48. The summed E-state index contributed by atoms with van der Waals surface area (Å²) < 4.78 is 2.47. The molecule has 1 aliphatic heterocycles. The molecule has 3 rings (SSSR count). The molecule has 1 N–H and O–H groups in total. The summed E-state index contributed by atoms with van der Waals surface area (Å²) >= 11 is 0. The van der Waals surface area contributed by atoms with Crippen molar-refractivity contribution in [3.8, 4) is 0 Å². The summed E-state index contributed by atoms with van der Waals surface area (Å²) in [5.41, 5.74) is 0.0491. The van der Waals surface area contributed by atoms with Crippen LogP contribution in [0.4, 0.5) is 0 Å². The molecule has 1 saturated heterocycles. The van der Waals surface area contributed by atoms with Crippen LogP contribution in [0.2, 0.25) is 0 Å². The Morgan fingerprint density at radius 3 is 2.58 bits per heavy atom. The molecule has 0 bridgehead atoms. The lowest BCUT2D eigenvalue weighted by Gasteiger charge is -2.20. The maximum atomic E-state index is 12.6. The molecule has 8 heteroatoms. The summed E-state index contributed by atoms with van der Waals surface area (Å²) in [4.78, 5) is 38.9. The van der Waals surface area contributed by atoms with Crippen molar-refractivity contribution in [3.63, 3.8) is 0 Å². The second-order valence-electron chi connectivity index (χ2n) is 6.12. The van der Waals surface area contributed by atoms with Gasteiger partial charge in [-0.1, -0.05) is 30.3 Å². The van der Waals surface area contributed by atoms with Gasteiger partial charge in [0.05, 0.1) is 6.54 Å². The number of hydrogen-bond acceptors (Lipinski definition) is 4. The average molecular weight is 379 g/mol. The normalized spacial score (nSPS) is 14.4. The molecule has 1 amide bonds. The molecular formula is C18H23ClN4O3. The molecule has 0 atom stereocenters. The Morgan fingerprint density at radius 2 is 1.81 bits per heavy atom. The van der Waals surface area contributed by atoms with Crippen LogP contribution in [0.3, 0.4) is 0 Å². The fourth-order valence-electron chi connectivity index (χ4n) is 2.93. The molecule has 7 nitrogen and oxygen atoms in total. The third-order valence-corrected chi connectivity index (χ3v) is 4.32. The van der Waals surface area contributed by atoms with E-state index >= 15 is 0 Å². The Bertz CT molecular complexity index is 840. The first-order valence-electron chi connectivity index (χ1n) is 8.48. The fourth-order valence-corrected chi connectivity index (χ4v) is 2.93. The minimum Gasteiger partial charge on any atom is -0.340 e. The molecule has 1 fully saturated rings. The van der Waals surface area contributed by atoms with Crippen molar-refractivity contribution in [1.82, 2.24) is 19.4 Å². The third kappa shape index (κ3) is 4.83. The summed E-state index contributed by atoms with van der Waals surface area (Å²) in [6.07, 6.45) is 2.35. The molecule has 0 spiro atoms. The van der Waals surface area contributed by atoms with Crippen molar-refractivity contribution in [2.45, 2.75) is 19.5 Å². The fraction of sp³-hybridized carbons (Fsp3) is 0.389. The van der Waals surface area contributed by atoms with Gasteiger partial charge in [0.1, 0.15) is 6.54 Å². The van der Waals surface area contributed by atoms with Crippen LogP contribution in [0.25, 0.3) is 0 Å². The maximum Gasteiger partial charge on any atom is 0.331 e. The predicted molar refractivity (Wildman–Crippen MR) is 102 cm³/mol. The number of aromatic nitrogens is 2. The van der Waals surface area contributed by atoms with Crippen molar-refractivity contribution in [1.29, 1.82) is 0 Å². The molecule has 0 aliphatic carbocycles. The van der Waals surface area contributed by atoms with Gasteiger partial charge >= 0.3 is 5.69 Å². The Balaban J connectivity index is 0.00000243. The van der Waals surface area contributed by atoms with Gasteiger partial charge in [-0.15, -0.1) is 12.4 Å². The van der Waals surface area contributed by atoms with Crippen molar-refractivity contribution in [2.75, 3.05) is 26.2 Å². The SMILES string of the molecule is Cl.O=C(Cn1c(=O)ccn(Cc2ccccc2)c1=O)N1CCCNCC1. The molecule has 2 aromatic rings. The van der Waals surface area contributed by atoms with Crippen LogP contribution in [-0.4, -0.2) is 46.1 Å². The zero-order valence-corrected chi connectivity index (χ0v) is 15.3. The number of amides is 1. The summed E-state index contributed by atoms with van der Waals surface area (Å²) in [6, 6.07) is 10.9. The van der Waals surface area contributed by atoms with E-state index in [4.69, 9.17) is 0 Å². The highest BCUT2D eigenvalue weighted by molar-refractivity contribution is 5.85. The van der Waals surface area contributed by atoms with Gasteiger partial charge in [-0.2, -0.15) is 0 Å². The number of halogens is 1. The molecule has 26 heavy (non-hydrogen) atoms. The highest BCUT2D eigenvalue weighted by Crippen LogP contribution is 2.00. The van der Waals surface area contributed by atoms with E-state index in [0.29, 0.717) is 19.6 Å². The van der Waals surface area contributed by atoms with Crippen LogP contribution < -0.4 is 16.6 Å². The Kier molecular flexibility index (Phi) is 7.17. The molecule has 0 unspecified atom stereocenters. The highest BCUT2D eigenvalue weighted by atomic mass is 35.5. The zero-order valence-electron chi connectivity index (χ0n) is 14.5. The highest BCUT2D eigenvalue weighted by Gasteiger charge is 2.17. The van der Waals surface area contributed by atoms with Crippen LogP contribution in [0.15, 0.2) is 52.2 Å². The van der Waals surface area contributed by atoms with Crippen LogP contribution in [0.1, 0.15) is 12.0 Å². The molecular weight excluding hydrogens is 356 g/mol. The number of carbonyl (C=O) groups is 1. The first kappa shape index (κ1) is 19.9. The molecule has 140 valence electrons. The Hall–Kier alpha value is -2.38. The second-order valence-corrected chi connectivity index (χ2v) is 6.12. The van der Waals surface area contributed by atoms with Crippen molar-refractivity contribution >= 4 is 18.3 Å². The standard InChI is InChI=1S/C18H22N4O3.ClH/c23-16-7-11-21(13-15-5-2-1-3-6-15)18(25)22(16)14-17(24)20-10-4-8-19-9-12-20;/h1-3,5-7,11,19H,4,8-10,12-14H2;1H. The summed E-state index contributed by atoms with van der Waals surface area (Å²) in [6.45, 7) is 2.99. The van der Waals surface area contributed by atoms with Gasteiger partial charge < -0.3 is 10.2 Å². The number of carbonyl (C=O) groups excluding carboxylic acids is 1. The Morgan fingerprint density at radius 1 is 1.04 bits per heavy atom. The van der Waals surface area contributed by atoms with Crippen LogP contribution in [-0.2, 0) is 17.9 Å². The van der Waals surface area contributed by atoms with Gasteiger partial charge in [0.15, 0.2) is 0 Å². The van der Waals surface area contributed by atoms with Gasteiger partial charge in [-0.3, -0.25) is 18.7 Å². The van der Waals surface area contributed by atoms with Gasteiger partial charge in [0.2, 0.25) is 5.91 Å². The molecule has 1 aliphatic rings. The molecule has 0 radical (unpaired) electrons. The topological polar surface area (TPSA) is 76.3 Å². The summed E-state index contributed by atoms with van der Waals surface area (Å²) in [7, 11) is 0. The molecule has 1 aromatic carbocycles. The smallest absolute Gasteiger partial charge is 0.331 e. The van der Waals surface area contributed by atoms with E-state index in [9.17, 15) is 14.4 Å². The Labute approximate surface area is 157 Å². The lowest BCUT2D eigenvalue weighted by atomic mass is 10.2. The molecule has 2 heterocycles. The van der Waals surface area contributed by atoms with E-state index in [1.54, 1.807) is 4.90 Å². The van der Waals surface area contributed by atoms with Crippen molar-refractivity contribution in [3.05, 3.63) is 69.0 Å².